The number of methoxy groups -OCH3 is 1. The van der Waals surface area contributed by atoms with Gasteiger partial charge in [0.15, 0.2) is 0 Å². The van der Waals surface area contributed by atoms with E-state index in [9.17, 15) is 14.7 Å². The van der Waals surface area contributed by atoms with Gasteiger partial charge in [0.25, 0.3) is 0 Å². The van der Waals surface area contributed by atoms with E-state index >= 15 is 0 Å². The van der Waals surface area contributed by atoms with Gasteiger partial charge in [-0.2, -0.15) is 0 Å². The minimum absolute atomic E-state index is 0.295. The quantitative estimate of drug-likeness (QED) is 0.612. The zero-order valence-corrected chi connectivity index (χ0v) is 11.5. The van der Waals surface area contributed by atoms with Crippen LogP contribution in [0.15, 0.2) is 42.5 Å². The van der Waals surface area contributed by atoms with Crippen LogP contribution in [0.25, 0.3) is 0 Å². The van der Waals surface area contributed by atoms with E-state index in [0.717, 1.165) is 5.57 Å². The summed E-state index contributed by atoms with van der Waals surface area (Å²) >= 11 is 0. The lowest BCUT2D eigenvalue weighted by molar-refractivity contribution is -0.154. The van der Waals surface area contributed by atoms with Crippen molar-refractivity contribution in [2.45, 2.75) is 25.6 Å². The number of ether oxygens (including phenoxy) is 2. The Morgan fingerprint density at radius 1 is 1.30 bits per heavy atom. The van der Waals surface area contributed by atoms with Gasteiger partial charge >= 0.3 is 11.9 Å². The highest BCUT2D eigenvalue weighted by atomic mass is 16.6. The lowest BCUT2D eigenvalue weighted by Gasteiger charge is -2.22. The van der Waals surface area contributed by atoms with Gasteiger partial charge in [-0.05, 0) is 25.5 Å². The lowest BCUT2D eigenvalue weighted by atomic mass is 10.1. The monoisotopic (exact) mass is 278 g/mol. The average molecular weight is 278 g/mol. The Morgan fingerprint density at radius 2 is 1.90 bits per heavy atom. The van der Waals surface area contributed by atoms with Gasteiger partial charge in [-0.15, -0.1) is 6.58 Å². The number of carboxylic acids is 1. The van der Waals surface area contributed by atoms with Crippen LogP contribution in [0, 0.1) is 0 Å². The molecule has 20 heavy (non-hydrogen) atoms. The van der Waals surface area contributed by atoms with Crippen LogP contribution < -0.4 is 0 Å². The largest absolute Gasteiger partial charge is 0.478 e. The van der Waals surface area contributed by atoms with Crippen molar-refractivity contribution in [3.63, 3.8) is 0 Å². The second-order valence-electron chi connectivity index (χ2n) is 4.47. The van der Waals surface area contributed by atoms with E-state index in [4.69, 9.17) is 9.47 Å². The van der Waals surface area contributed by atoms with Crippen molar-refractivity contribution in [3.8, 4) is 0 Å². The highest BCUT2D eigenvalue weighted by Crippen LogP contribution is 2.15. The second kappa shape index (κ2) is 7.45. The smallest absolute Gasteiger partial charge is 0.347 e. The molecule has 1 N–H and O–H groups in total. The molecule has 0 fully saturated rings. The second-order valence-corrected chi connectivity index (χ2v) is 4.47. The van der Waals surface area contributed by atoms with Crippen LogP contribution in [0.3, 0.4) is 0 Å². The van der Waals surface area contributed by atoms with Gasteiger partial charge in [0, 0.05) is 7.11 Å². The molecule has 0 saturated carbocycles. The summed E-state index contributed by atoms with van der Waals surface area (Å²) in [7, 11) is 1.37. The Kier molecular flexibility index (Phi) is 5.93. The van der Waals surface area contributed by atoms with Crippen LogP contribution in [0.2, 0.25) is 0 Å². The maximum atomic E-state index is 11.9. The molecule has 2 atom stereocenters. The summed E-state index contributed by atoms with van der Waals surface area (Å²) in [4.78, 5) is 23.2. The van der Waals surface area contributed by atoms with Gasteiger partial charge < -0.3 is 14.6 Å². The Balaban J connectivity index is 2.84. The number of aliphatic carboxylic acids is 1. The maximum Gasteiger partial charge on any atom is 0.347 e. The molecule has 0 aromatic heterocycles. The molecule has 1 aromatic rings. The fraction of sp³-hybridized carbons (Fsp3) is 0.333. The minimum Gasteiger partial charge on any atom is -0.478 e. The summed E-state index contributed by atoms with van der Waals surface area (Å²) in [6.45, 7) is 5.46. The number of carbonyl (C=O) groups excluding carboxylic acids is 1. The molecule has 108 valence electrons. The van der Waals surface area contributed by atoms with Crippen LogP contribution in [-0.4, -0.2) is 36.4 Å². The SMILES string of the molecule is C=C(C)C[C@@H](OC)[C@H](OC(=O)c1ccccc1)C(=O)O. The van der Waals surface area contributed by atoms with Gasteiger partial charge in [0.05, 0.1) is 5.56 Å². The average Bonchev–Trinajstić information content (AvgIpc) is 2.42. The number of benzene rings is 1. The number of hydrogen-bond donors (Lipinski definition) is 1. The molecule has 0 aliphatic rings. The highest BCUT2D eigenvalue weighted by Gasteiger charge is 2.32. The number of carbonyl (C=O) groups is 2. The third kappa shape index (κ3) is 4.51. The molecule has 0 amide bonds. The van der Waals surface area contributed by atoms with Gasteiger partial charge in [0.1, 0.15) is 6.10 Å². The van der Waals surface area contributed by atoms with Crippen molar-refractivity contribution in [2.24, 2.45) is 0 Å². The molecule has 0 radical (unpaired) electrons. The van der Waals surface area contributed by atoms with Gasteiger partial charge in [-0.25, -0.2) is 9.59 Å². The van der Waals surface area contributed by atoms with Gasteiger partial charge in [-0.1, -0.05) is 23.8 Å². The predicted octanol–water partition coefficient (Wildman–Crippen LogP) is 2.28. The van der Waals surface area contributed by atoms with Crippen LogP contribution in [-0.2, 0) is 14.3 Å². The van der Waals surface area contributed by atoms with E-state index in [-0.39, 0.29) is 0 Å². The topological polar surface area (TPSA) is 72.8 Å². The van der Waals surface area contributed by atoms with Crippen molar-refractivity contribution in [3.05, 3.63) is 48.0 Å². The Bertz CT molecular complexity index is 480. The van der Waals surface area contributed by atoms with E-state index in [0.29, 0.717) is 12.0 Å². The molecule has 0 aliphatic carbocycles. The van der Waals surface area contributed by atoms with Gasteiger partial charge in [-0.3, -0.25) is 0 Å². The van der Waals surface area contributed by atoms with E-state index in [1.807, 2.05) is 0 Å². The summed E-state index contributed by atoms with van der Waals surface area (Å²) in [5.74, 6) is -1.94. The molecule has 5 nitrogen and oxygen atoms in total. The van der Waals surface area contributed by atoms with E-state index < -0.39 is 24.1 Å². The lowest BCUT2D eigenvalue weighted by Crippen LogP contribution is -2.39. The molecule has 0 aliphatic heterocycles. The zero-order chi connectivity index (χ0) is 15.1. The zero-order valence-electron chi connectivity index (χ0n) is 11.5. The Morgan fingerprint density at radius 3 is 2.35 bits per heavy atom. The van der Waals surface area contributed by atoms with Gasteiger partial charge in [0.2, 0.25) is 6.10 Å². The molecule has 0 spiro atoms. The highest BCUT2D eigenvalue weighted by molar-refractivity contribution is 5.91. The molecule has 1 rings (SSSR count). The van der Waals surface area contributed by atoms with Crippen molar-refractivity contribution < 1.29 is 24.2 Å². The number of carboxylic acid groups (broad SMARTS) is 1. The molecule has 0 bridgehead atoms. The van der Waals surface area contributed by atoms with E-state index in [1.54, 1.807) is 37.3 Å². The van der Waals surface area contributed by atoms with E-state index in [2.05, 4.69) is 6.58 Å². The summed E-state index contributed by atoms with van der Waals surface area (Å²) in [6.07, 6.45) is -1.84. The molecule has 0 saturated heterocycles. The first-order chi connectivity index (χ1) is 9.45. The maximum absolute atomic E-state index is 11.9. The Labute approximate surface area is 117 Å². The third-order valence-electron chi connectivity index (χ3n) is 2.68. The molecular formula is C15H18O5. The summed E-state index contributed by atoms with van der Waals surface area (Å²) < 4.78 is 10.1. The van der Waals surface area contributed by atoms with Crippen LogP contribution in [0.1, 0.15) is 23.7 Å². The first-order valence-electron chi connectivity index (χ1n) is 6.11. The molecule has 5 heteroatoms. The molecule has 0 heterocycles. The molecule has 1 aromatic carbocycles. The first-order valence-corrected chi connectivity index (χ1v) is 6.11. The number of esters is 1. The summed E-state index contributed by atoms with van der Waals surface area (Å²) in [5, 5.41) is 9.20. The number of rotatable bonds is 7. The normalized spacial score (nSPS) is 13.3. The summed E-state index contributed by atoms with van der Waals surface area (Å²) in [6, 6.07) is 8.22. The fourth-order valence-electron chi connectivity index (χ4n) is 1.70. The van der Waals surface area contributed by atoms with Crippen LogP contribution in [0.4, 0.5) is 0 Å². The van der Waals surface area contributed by atoms with Crippen molar-refractivity contribution >= 4 is 11.9 Å². The molecular weight excluding hydrogens is 260 g/mol. The fourth-order valence-corrected chi connectivity index (χ4v) is 1.70. The van der Waals surface area contributed by atoms with Crippen molar-refractivity contribution in [1.82, 2.24) is 0 Å². The molecule has 0 unspecified atom stereocenters. The first kappa shape index (κ1) is 15.9. The number of hydrogen-bond acceptors (Lipinski definition) is 4. The van der Waals surface area contributed by atoms with E-state index in [1.165, 1.54) is 7.11 Å². The summed E-state index contributed by atoms with van der Waals surface area (Å²) in [5.41, 5.74) is 1.04. The van der Waals surface area contributed by atoms with Crippen LogP contribution in [0.5, 0.6) is 0 Å². The van der Waals surface area contributed by atoms with Crippen molar-refractivity contribution in [1.29, 1.82) is 0 Å². The predicted molar refractivity (Wildman–Crippen MR) is 73.5 cm³/mol. The van der Waals surface area contributed by atoms with Crippen LogP contribution >= 0.6 is 0 Å². The Hall–Kier alpha value is -2.14. The minimum atomic E-state index is -1.37. The standard InChI is InChI=1S/C15H18O5/c1-10(2)9-12(19-3)13(14(16)17)20-15(18)11-7-5-4-6-8-11/h4-8,12-13H,1,9H2,2-3H3,(H,16,17)/t12-,13+/m1/s1. The third-order valence-corrected chi connectivity index (χ3v) is 2.68. The van der Waals surface area contributed by atoms with Crippen molar-refractivity contribution in [2.75, 3.05) is 7.11 Å².